The third-order valence-electron chi connectivity index (χ3n) is 5.18. The first-order valence-corrected chi connectivity index (χ1v) is 8.09. The van der Waals surface area contributed by atoms with Crippen molar-refractivity contribution in [1.29, 1.82) is 0 Å². The predicted octanol–water partition coefficient (Wildman–Crippen LogP) is 2.77. The molecule has 0 aromatic carbocycles. The summed E-state index contributed by atoms with van der Waals surface area (Å²) in [6.07, 6.45) is 5.75. The quantitative estimate of drug-likeness (QED) is 0.849. The molecule has 1 aromatic rings. The van der Waals surface area contributed by atoms with Crippen molar-refractivity contribution in [1.82, 2.24) is 5.32 Å². The van der Waals surface area contributed by atoms with E-state index in [0.717, 1.165) is 11.8 Å². The van der Waals surface area contributed by atoms with Gasteiger partial charge in [-0.05, 0) is 63.0 Å². The van der Waals surface area contributed by atoms with E-state index in [2.05, 4.69) is 12.2 Å². The predicted molar refractivity (Wildman–Crippen MR) is 80.1 cm³/mol. The molecule has 1 N–H and O–H groups in total. The number of hydrogen-bond acceptors (Lipinski definition) is 4. The van der Waals surface area contributed by atoms with Gasteiger partial charge in [-0.15, -0.1) is 0 Å². The van der Waals surface area contributed by atoms with Crippen LogP contribution in [0.5, 0.6) is 0 Å². The Hall–Kier alpha value is -1.78. The minimum absolute atomic E-state index is 0.112. The topological polar surface area (TPSA) is 68.5 Å². The van der Waals surface area contributed by atoms with Crippen LogP contribution in [-0.4, -0.2) is 24.0 Å². The fraction of sp³-hybridized carbons (Fsp3) is 0.647. The second-order valence-corrected chi connectivity index (χ2v) is 6.66. The van der Waals surface area contributed by atoms with Gasteiger partial charge in [0.25, 0.3) is 5.91 Å². The lowest BCUT2D eigenvalue weighted by atomic mass is 9.84. The molecule has 3 rings (SSSR count). The largest absolute Gasteiger partial charge is 0.457 e. The van der Waals surface area contributed by atoms with Crippen LogP contribution in [0.25, 0.3) is 0 Å². The molecule has 120 valence electrons. The minimum Gasteiger partial charge on any atom is -0.457 e. The molecule has 2 saturated carbocycles. The van der Waals surface area contributed by atoms with Crippen LogP contribution in [0.3, 0.4) is 0 Å². The summed E-state index contributed by atoms with van der Waals surface area (Å²) < 4.78 is 10.1. The van der Waals surface area contributed by atoms with Gasteiger partial charge in [0, 0.05) is 6.04 Å². The Kier molecular flexibility index (Phi) is 4.23. The molecule has 0 spiro atoms. The van der Waals surface area contributed by atoms with Gasteiger partial charge in [0.1, 0.15) is 0 Å². The molecule has 5 heteroatoms. The lowest BCUT2D eigenvalue weighted by molar-refractivity contribution is -0.130. The van der Waals surface area contributed by atoms with Crippen LogP contribution in [0, 0.1) is 17.8 Å². The molecule has 0 radical (unpaired) electrons. The number of carbonyl (C=O) groups excluding carboxylic acids is 2. The van der Waals surface area contributed by atoms with Gasteiger partial charge < -0.3 is 14.5 Å². The van der Waals surface area contributed by atoms with Crippen LogP contribution >= 0.6 is 0 Å². The Morgan fingerprint density at radius 3 is 2.73 bits per heavy atom. The highest BCUT2D eigenvalue weighted by molar-refractivity contribution is 5.90. The number of furan rings is 1. The van der Waals surface area contributed by atoms with Crippen molar-refractivity contribution in [2.24, 2.45) is 17.8 Å². The highest BCUT2D eigenvalue weighted by Crippen LogP contribution is 2.49. The molecule has 5 atom stereocenters. The molecule has 22 heavy (non-hydrogen) atoms. The van der Waals surface area contributed by atoms with Crippen molar-refractivity contribution in [2.75, 3.05) is 0 Å². The first-order valence-electron chi connectivity index (χ1n) is 8.09. The van der Waals surface area contributed by atoms with Gasteiger partial charge in [0.2, 0.25) is 5.76 Å². The summed E-state index contributed by atoms with van der Waals surface area (Å²) in [6.45, 7) is 3.65. The molecule has 1 amide bonds. The van der Waals surface area contributed by atoms with Crippen LogP contribution in [0.4, 0.5) is 0 Å². The summed E-state index contributed by atoms with van der Waals surface area (Å²) in [6, 6.07) is 3.26. The lowest BCUT2D eigenvalue weighted by Crippen LogP contribution is -2.45. The molecule has 0 saturated heterocycles. The van der Waals surface area contributed by atoms with E-state index < -0.39 is 12.1 Å². The van der Waals surface area contributed by atoms with E-state index in [1.807, 2.05) is 0 Å². The standard InChI is InChI=1S/C17H23NO4/c1-10(14-9-12-5-6-13(14)8-12)18-16(19)11(2)22-17(20)15-4-3-7-21-15/h3-4,7,10-14H,5-6,8-9H2,1-2H3,(H,18,19). The van der Waals surface area contributed by atoms with Crippen molar-refractivity contribution in [3.8, 4) is 0 Å². The summed E-state index contributed by atoms with van der Waals surface area (Å²) in [5.41, 5.74) is 0. The minimum atomic E-state index is -0.821. The monoisotopic (exact) mass is 305 g/mol. The maximum absolute atomic E-state index is 12.2. The number of hydrogen-bond donors (Lipinski definition) is 1. The Labute approximate surface area is 130 Å². The lowest BCUT2D eigenvalue weighted by Gasteiger charge is -2.29. The van der Waals surface area contributed by atoms with Gasteiger partial charge in [0.15, 0.2) is 6.10 Å². The van der Waals surface area contributed by atoms with Gasteiger partial charge >= 0.3 is 5.97 Å². The third kappa shape index (κ3) is 3.03. The number of rotatable bonds is 5. The molecule has 2 aliphatic rings. The Morgan fingerprint density at radius 2 is 2.14 bits per heavy atom. The van der Waals surface area contributed by atoms with Crippen molar-refractivity contribution < 1.29 is 18.7 Å². The van der Waals surface area contributed by atoms with E-state index in [1.54, 1.807) is 13.0 Å². The zero-order valence-corrected chi connectivity index (χ0v) is 13.1. The molecule has 5 nitrogen and oxygen atoms in total. The van der Waals surface area contributed by atoms with Crippen molar-refractivity contribution >= 4 is 11.9 Å². The average molecular weight is 305 g/mol. The summed E-state index contributed by atoms with van der Waals surface area (Å²) in [4.78, 5) is 24.0. The van der Waals surface area contributed by atoms with E-state index in [-0.39, 0.29) is 17.7 Å². The smallest absolute Gasteiger partial charge is 0.374 e. The van der Waals surface area contributed by atoms with Crippen LogP contribution in [-0.2, 0) is 9.53 Å². The Balaban J connectivity index is 1.49. The normalized spacial score (nSPS) is 29.1. The molecule has 0 aliphatic heterocycles. The van der Waals surface area contributed by atoms with Crippen molar-refractivity contribution in [3.05, 3.63) is 24.2 Å². The Bertz CT molecular complexity index is 539. The van der Waals surface area contributed by atoms with E-state index in [0.29, 0.717) is 5.92 Å². The molecular formula is C17H23NO4. The number of esters is 1. The van der Waals surface area contributed by atoms with E-state index in [4.69, 9.17) is 9.15 Å². The van der Waals surface area contributed by atoms with E-state index in [9.17, 15) is 9.59 Å². The van der Waals surface area contributed by atoms with Gasteiger partial charge in [-0.25, -0.2) is 4.79 Å². The van der Waals surface area contributed by atoms with E-state index >= 15 is 0 Å². The second kappa shape index (κ2) is 6.15. The van der Waals surface area contributed by atoms with Crippen LogP contribution in [0.15, 0.2) is 22.8 Å². The molecule has 1 aromatic heterocycles. The molecule has 2 bridgehead atoms. The van der Waals surface area contributed by atoms with E-state index in [1.165, 1.54) is 38.0 Å². The van der Waals surface area contributed by atoms with Crippen LogP contribution in [0.2, 0.25) is 0 Å². The molecule has 5 unspecified atom stereocenters. The van der Waals surface area contributed by atoms with Gasteiger partial charge in [0.05, 0.1) is 6.26 Å². The summed E-state index contributed by atoms with van der Waals surface area (Å²) in [7, 11) is 0. The summed E-state index contributed by atoms with van der Waals surface area (Å²) in [5, 5.41) is 3.01. The molecule has 1 heterocycles. The number of ether oxygens (including phenoxy) is 1. The zero-order valence-electron chi connectivity index (χ0n) is 13.1. The number of carbonyl (C=O) groups is 2. The van der Waals surface area contributed by atoms with Crippen LogP contribution in [0.1, 0.15) is 50.1 Å². The second-order valence-electron chi connectivity index (χ2n) is 6.66. The molecule has 2 aliphatic carbocycles. The molecule has 2 fully saturated rings. The number of amides is 1. The average Bonchev–Trinajstić information content (AvgIpc) is 3.23. The maximum Gasteiger partial charge on any atom is 0.374 e. The highest BCUT2D eigenvalue weighted by Gasteiger charge is 2.42. The van der Waals surface area contributed by atoms with Gasteiger partial charge in [-0.3, -0.25) is 4.79 Å². The fourth-order valence-corrected chi connectivity index (χ4v) is 4.02. The first kappa shape index (κ1) is 15.1. The highest BCUT2D eigenvalue weighted by atomic mass is 16.6. The number of fused-ring (bicyclic) bond motifs is 2. The van der Waals surface area contributed by atoms with Crippen molar-refractivity contribution in [3.63, 3.8) is 0 Å². The third-order valence-corrected chi connectivity index (χ3v) is 5.18. The van der Waals surface area contributed by atoms with Gasteiger partial charge in [-0.1, -0.05) is 6.42 Å². The fourth-order valence-electron chi connectivity index (χ4n) is 4.02. The van der Waals surface area contributed by atoms with Crippen molar-refractivity contribution in [2.45, 2.75) is 51.7 Å². The zero-order chi connectivity index (χ0) is 15.7. The Morgan fingerprint density at radius 1 is 1.32 bits per heavy atom. The SMILES string of the molecule is CC(OC(=O)c1ccco1)C(=O)NC(C)C1CC2CCC1C2. The summed E-state index contributed by atoms with van der Waals surface area (Å²) >= 11 is 0. The molecular weight excluding hydrogens is 282 g/mol. The van der Waals surface area contributed by atoms with Gasteiger partial charge in [-0.2, -0.15) is 0 Å². The van der Waals surface area contributed by atoms with Crippen LogP contribution < -0.4 is 5.32 Å². The first-order chi connectivity index (χ1) is 10.5. The number of nitrogens with one attached hydrogen (secondary N) is 1. The summed E-state index contributed by atoms with van der Waals surface area (Å²) in [5.74, 6) is 1.43. The maximum atomic E-state index is 12.2.